The van der Waals surface area contributed by atoms with Gasteiger partial charge in [-0.05, 0) is 39.2 Å². The summed E-state index contributed by atoms with van der Waals surface area (Å²) < 4.78 is 6.25. The molecule has 2 amide bonds. The summed E-state index contributed by atoms with van der Waals surface area (Å²) in [5.41, 5.74) is 1.38. The van der Waals surface area contributed by atoms with Crippen LogP contribution in [0.25, 0.3) is 0 Å². The fourth-order valence-corrected chi connectivity index (χ4v) is 3.75. The van der Waals surface area contributed by atoms with Crippen molar-refractivity contribution in [2.45, 2.75) is 26.0 Å². The fourth-order valence-electron chi connectivity index (χ4n) is 3.75. The van der Waals surface area contributed by atoms with Crippen LogP contribution in [0.15, 0.2) is 36.8 Å². The van der Waals surface area contributed by atoms with Crippen LogP contribution < -0.4 is 4.74 Å². The number of hydrogen-bond donors (Lipinski definition) is 1. The van der Waals surface area contributed by atoms with Gasteiger partial charge in [-0.25, -0.2) is 4.98 Å². The number of fused-ring (bicyclic) bond motifs is 1. The van der Waals surface area contributed by atoms with Crippen LogP contribution in [-0.4, -0.2) is 101 Å². The molecule has 35 heavy (non-hydrogen) atoms. The monoisotopic (exact) mass is 479 g/mol. The van der Waals surface area contributed by atoms with Gasteiger partial charge in [0.05, 0.1) is 31.3 Å². The number of likely N-dealkylation sites (N-methyl/N-ethyl adjacent to an activating group) is 1. The molecule has 3 atom stereocenters. The Labute approximate surface area is 206 Å². The molecule has 0 aromatic carbocycles. The Morgan fingerprint density at radius 2 is 2.11 bits per heavy atom. The summed E-state index contributed by atoms with van der Waals surface area (Å²) in [6.45, 7) is 4.81. The second-order valence-electron chi connectivity index (χ2n) is 9.17. The number of amides is 2. The number of carbonyl (C=O) groups is 2. The molecule has 3 heterocycles. The smallest absolute Gasteiger partial charge is 0.259 e. The second-order valence-corrected chi connectivity index (χ2v) is 9.17. The molecule has 0 saturated heterocycles. The Bertz CT molecular complexity index is 1100. The minimum atomic E-state index is -0.431. The molecule has 9 heteroatoms. The average Bonchev–Trinajstić information content (AvgIpc) is 2.85. The summed E-state index contributed by atoms with van der Waals surface area (Å²) in [7, 11) is 5.56. The highest BCUT2D eigenvalue weighted by molar-refractivity contribution is 5.97. The highest BCUT2D eigenvalue weighted by Gasteiger charge is 2.34. The van der Waals surface area contributed by atoms with Crippen molar-refractivity contribution >= 4 is 11.8 Å². The Morgan fingerprint density at radius 1 is 1.34 bits per heavy atom. The molecule has 2 aromatic rings. The maximum Gasteiger partial charge on any atom is 0.259 e. The molecule has 186 valence electrons. The lowest BCUT2D eigenvalue weighted by Crippen LogP contribution is -2.50. The number of rotatable bonds is 6. The Hall–Kier alpha value is -3.48. The van der Waals surface area contributed by atoms with Gasteiger partial charge in [-0.3, -0.25) is 19.5 Å². The van der Waals surface area contributed by atoms with Crippen molar-refractivity contribution in [2.75, 3.05) is 47.4 Å². The number of carbonyl (C=O) groups excluding carboxylic acids is 2. The first-order valence-electron chi connectivity index (χ1n) is 11.6. The number of pyridine rings is 2. The van der Waals surface area contributed by atoms with Crippen LogP contribution in [0.1, 0.15) is 40.1 Å². The largest absolute Gasteiger partial charge is 0.472 e. The van der Waals surface area contributed by atoms with Gasteiger partial charge >= 0.3 is 0 Å². The highest BCUT2D eigenvalue weighted by Crippen LogP contribution is 2.27. The fraction of sp³-hybridized carbons (Fsp3) is 0.462. The van der Waals surface area contributed by atoms with Crippen molar-refractivity contribution in [1.82, 2.24) is 24.7 Å². The maximum atomic E-state index is 13.5. The molecule has 1 aliphatic heterocycles. The van der Waals surface area contributed by atoms with Crippen LogP contribution in [0, 0.1) is 17.8 Å². The van der Waals surface area contributed by atoms with Crippen molar-refractivity contribution in [2.24, 2.45) is 5.92 Å². The molecule has 0 unspecified atom stereocenters. The van der Waals surface area contributed by atoms with Gasteiger partial charge in [-0.2, -0.15) is 0 Å². The minimum Gasteiger partial charge on any atom is -0.472 e. The third kappa shape index (κ3) is 6.56. The number of nitrogens with zero attached hydrogens (tertiary/aromatic N) is 5. The molecule has 0 bridgehead atoms. The molecule has 0 radical (unpaired) electrons. The van der Waals surface area contributed by atoms with Crippen LogP contribution in [-0.2, 0) is 0 Å². The highest BCUT2D eigenvalue weighted by atomic mass is 16.5. The van der Waals surface area contributed by atoms with E-state index in [1.807, 2.05) is 25.9 Å². The van der Waals surface area contributed by atoms with Crippen molar-refractivity contribution in [3.63, 3.8) is 0 Å². The summed E-state index contributed by atoms with van der Waals surface area (Å²) in [6, 6.07) is 4.72. The van der Waals surface area contributed by atoms with E-state index in [0.29, 0.717) is 29.8 Å². The lowest BCUT2D eigenvalue weighted by atomic mass is 9.99. The van der Waals surface area contributed by atoms with E-state index in [9.17, 15) is 14.7 Å². The van der Waals surface area contributed by atoms with Gasteiger partial charge in [0.15, 0.2) is 0 Å². The number of aliphatic hydroxyl groups excluding tert-OH is 1. The number of aliphatic hydroxyl groups is 1. The Kier molecular flexibility index (Phi) is 8.79. The third-order valence-electron chi connectivity index (χ3n) is 5.86. The zero-order valence-corrected chi connectivity index (χ0v) is 20.9. The van der Waals surface area contributed by atoms with Gasteiger partial charge in [0.1, 0.15) is 11.7 Å². The molecular weight excluding hydrogens is 446 g/mol. The zero-order chi connectivity index (χ0) is 25.5. The summed E-state index contributed by atoms with van der Waals surface area (Å²) >= 11 is 0. The zero-order valence-electron chi connectivity index (χ0n) is 20.9. The normalized spacial score (nSPS) is 18.5. The van der Waals surface area contributed by atoms with E-state index in [2.05, 4.69) is 21.8 Å². The van der Waals surface area contributed by atoms with E-state index in [4.69, 9.17) is 4.74 Å². The van der Waals surface area contributed by atoms with Gasteiger partial charge in [-0.1, -0.05) is 18.8 Å². The van der Waals surface area contributed by atoms with Gasteiger partial charge in [0.25, 0.3) is 11.8 Å². The lowest BCUT2D eigenvalue weighted by Gasteiger charge is -2.37. The van der Waals surface area contributed by atoms with Gasteiger partial charge in [0, 0.05) is 43.7 Å². The summed E-state index contributed by atoms with van der Waals surface area (Å²) in [5, 5.41) is 9.81. The second kappa shape index (κ2) is 11.8. The number of aromatic nitrogens is 2. The SMILES string of the molecule is C[C@H]1CN([C@@H](C)CO)C(=O)c2cc(C#CCN(C)C)cnc2O[C@@H]1CN(C)C(=O)c1cccnc1. The first-order valence-corrected chi connectivity index (χ1v) is 11.6. The first-order chi connectivity index (χ1) is 16.7. The molecule has 1 aliphatic rings. The molecule has 0 saturated carbocycles. The molecule has 0 fully saturated rings. The summed E-state index contributed by atoms with van der Waals surface area (Å²) in [4.78, 5) is 40.0. The lowest BCUT2D eigenvalue weighted by molar-refractivity contribution is 0.0313. The number of hydrogen-bond acceptors (Lipinski definition) is 7. The molecule has 0 spiro atoms. The van der Waals surface area contributed by atoms with E-state index in [-0.39, 0.29) is 36.8 Å². The quantitative estimate of drug-likeness (QED) is 0.625. The van der Waals surface area contributed by atoms with Crippen molar-refractivity contribution < 1.29 is 19.4 Å². The van der Waals surface area contributed by atoms with Gasteiger partial charge in [0.2, 0.25) is 5.88 Å². The van der Waals surface area contributed by atoms with Crippen LogP contribution in [0.2, 0.25) is 0 Å². The maximum absolute atomic E-state index is 13.5. The Morgan fingerprint density at radius 3 is 2.77 bits per heavy atom. The van der Waals surface area contributed by atoms with E-state index in [1.54, 1.807) is 54.4 Å². The number of ether oxygens (including phenoxy) is 1. The van der Waals surface area contributed by atoms with E-state index >= 15 is 0 Å². The van der Waals surface area contributed by atoms with Crippen LogP contribution in [0.5, 0.6) is 5.88 Å². The summed E-state index contributed by atoms with van der Waals surface area (Å²) in [6.07, 6.45) is 4.30. The topological polar surface area (TPSA) is 99.1 Å². The molecule has 1 N–H and O–H groups in total. The predicted molar refractivity (Wildman–Crippen MR) is 132 cm³/mol. The first kappa shape index (κ1) is 26.1. The van der Waals surface area contributed by atoms with Crippen molar-refractivity contribution in [3.05, 3.63) is 53.5 Å². The van der Waals surface area contributed by atoms with Crippen molar-refractivity contribution in [3.8, 4) is 17.7 Å². The Balaban J connectivity index is 1.93. The third-order valence-corrected chi connectivity index (χ3v) is 5.86. The van der Waals surface area contributed by atoms with Gasteiger partial charge in [-0.15, -0.1) is 0 Å². The minimum absolute atomic E-state index is 0.133. The average molecular weight is 480 g/mol. The van der Waals surface area contributed by atoms with E-state index < -0.39 is 12.1 Å². The van der Waals surface area contributed by atoms with Crippen LogP contribution in [0.3, 0.4) is 0 Å². The molecule has 2 aromatic heterocycles. The molecule has 9 nitrogen and oxygen atoms in total. The molecule has 3 rings (SSSR count). The van der Waals surface area contributed by atoms with Crippen LogP contribution >= 0.6 is 0 Å². The standard InChI is InChI=1S/C26H33N5O4/c1-18-15-31(19(2)17-32)26(34)22-12-20(8-7-11-29(3)4)13-28-24(22)35-23(18)16-30(5)25(33)21-9-6-10-27-14-21/h6,9-10,12-14,18-19,23,32H,11,15-17H2,1-5H3/t18-,19-,23+/m0/s1. The van der Waals surface area contributed by atoms with E-state index in [1.165, 1.54) is 6.20 Å². The van der Waals surface area contributed by atoms with Crippen LogP contribution in [0.4, 0.5) is 0 Å². The predicted octanol–water partition coefficient (Wildman–Crippen LogP) is 1.38. The van der Waals surface area contributed by atoms with E-state index in [0.717, 1.165) is 0 Å². The van der Waals surface area contributed by atoms with Gasteiger partial charge < -0.3 is 19.6 Å². The van der Waals surface area contributed by atoms with Crippen molar-refractivity contribution in [1.29, 1.82) is 0 Å². The molecular formula is C26H33N5O4. The molecule has 0 aliphatic carbocycles. The summed E-state index contributed by atoms with van der Waals surface area (Å²) in [5.74, 6) is 5.71.